The van der Waals surface area contributed by atoms with Crippen LogP contribution in [-0.4, -0.2) is 27.4 Å². The van der Waals surface area contributed by atoms with Gasteiger partial charge in [0.05, 0.1) is 11.1 Å². The van der Waals surface area contributed by atoms with Gasteiger partial charge in [0, 0.05) is 24.7 Å². The third kappa shape index (κ3) is 3.02. The van der Waals surface area contributed by atoms with Gasteiger partial charge in [-0.15, -0.1) is 0 Å². The highest BCUT2D eigenvalue weighted by Gasteiger charge is 2.22. The van der Waals surface area contributed by atoms with Crippen LogP contribution >= 0.6 is 0 Å². The van der Waals surface area contributed by atoms with Gasteiger partial charge in [-0.3, -0.25) is 0 Å². The quantitative estimate of drug-likeness (QED) is 0.887. The van der Waals surface area contributed by atoms with Crippen LogP contribution in [0.4, 0.5) is 0 Å². The lowest BCUT2D eigenvalue weighted by Crippen LogP contribution is -2.13. The van der Waals surface area contributed by atoms with Crippen molar-refractivity contribution in [3.8, 4) is 0 Å². The summed E-state index contributed by atoms with van der Waals surface area (Å²) in [6, 6.07) is 3.91. The van der Waals surface area contributed by atoms with Gasteiger partial charge in [-0.1, -0.05) is 20.8 Å². The Kier molecular flexibility index (Phi) is 4.61. The van der Waals surface area contributed by atoms with Crippen LogP contribution < -0.4 is 0 Å². The summed E-state index contributed by atoms with van der Waals surface area (Å²) in [5, 5.41) is 19.7. The first-order valence-corrected chi connectivity index (χ1v) is 7.80. The van der Waals surface area contributed by atoms with Crippen molar-refractivity contribution in [2.24, 2.45) is 0 Å². The van der Waals surface area contributed by atoms with E-state index < -0.39 is 5.97 Å². The number of aliphatic hydroxyl groups excluding tert-OH is 1. The third-order valence-corrected chi connectivity index (χ3v) is 4.10. The lowest BCUT2D eigenvalue weighted by atomic mass is 9.84. The Balaban J connectivity index is 2.78. The molecule has 0 radical (unpaired) electrons. The number of aryl methyl sites for hydroxylation is 2. The van der Waals surface area contributed by atoms with Gasteiger partial charge in [0.1, 0.15) is 0 Å². The molecule has 0 spiro atoms. The molecule has 2 aromatic rings. The SMILES string of the molecule is CCn1cc(CCCO)c2cc(C(C)(C)C)cc(C(=O)O)c21. The van der Waals surface area contributed by atoms with Crippen LogP contribution in [-0.2, 0) is 18.4 Å². The Morgan fingerprint density at radius 3 is 2.45 bits per heavy atom. The fourth-order valence-corrected chi connectivity index (χ4v) is 2.83. The molecule has 0 amide bonds. The molecule has 0 atom stereocenters. The average molecular weight is 303 g/mol. The van der Waals surface area contributed by atoms with Gasteiger partial charge in [0.25, 0.3) is 0 Å². The third-order valence-electron chi connectivity index (χ3n) is 4.10. The maximum absolute atomic E-state index is 11.7. The Bertz CT molecular complexity index is 692. The van der Waals surface area contributed by atoms with E-state index in [0.29, 0.717) is 12.0 Å². The second kappa shape index (κ2) is 6.13. The molecule has 0 bridgehead atoms. The van der Waals surface area contributed by atoms with E-state index in [2.05, 4.69) is 26.8 Å². The number of benzene rings is 1. The van der Waals surface area contributed by atoms with Crippen LogP contribution in [0.1, 0.15) is 55.6 Å². The summed E-state index contributed by atoms with van der Waals surface area (Å²) < 4.78 is 2.00. The van der Waals surface area contributed by atoms with Crippen LogP contribution in [0.15, 0.2) is 18.3 Å². The molecule has 0 saturated carbocycles. The van der Waals surface area contributed by atoms with E-state index in [1.165, 1.54) is 0 Å². The molecule has 0 unspecified atom stereocenters. The van der Waals surface area contributed by atoms with Crippen molar-refractivity contribution in [2.75, 3.05) is 6.61 Å². The predicted octanol–water partition coefficient (Wildman–Crippen LogP) is 3.58. The summed E-state index contributed by atoms with van der Waals surface area (Å²) in [5.41, 5.74) is 3.17. The number of aliphatic hydroxyl groups is 1. The molecule has 1 heterocycles. The summed E-state index contributed by atoms with van der Waals surface area (Å²) in [4.78, 5) is 11.7. The van der Waals surface area contributed by atoms with Gasteiger partial charge in [0.2, 0.25) is 0 Å². The highest BCUT2D eigenvalue weighted by molar-refractivity contribution is 6.04. The Hall–Kier alpha value is -1.81. The summed E-state index contributed by atoms with van der Waals surface area (Å²) in [7, 11) is 0. The van der Waals surface area contributed by atoms with E-state index in [1.54, 1.807) is 6.07 Å². The van der Waals surface area contributed by atoms with Gasteiger partial charge >= 0.3 is 5.97 Å². The minimum Gasteiger partial charge on any atom is -0.478 e. The predicted molar refractivity (Wildman–Crippen MR) is 88.7 cm³/mol. The molecular weight excluding hydrogens is 278 g/mol. The molecule has 0 aliphatic heterocycles. The number of hydrogen-bond acceptors (Lipinski definition) is 2. The smallest absolute Gasteiger partial charge is 0.337 e. The van der Waals surface area contributed by atoms with E-state index in [0.717, 1.165) is 35.0 Å². The molecule has 2 rings (SSSR count). The van der Waals surface area contributed by atoms with Crippen molar-refractivity contribution >= 4 is 16.9 Å². The number of rotatable bonds is 5. The highest BCUT2D eigenvalue weighted by atomic mass is 16.4. The van der Waals surface area contributed by atoms with Crippen molar-refractivity contribution in [1.82, 2.24) is 4.57 Å². The largest absolute Gasteiger partial charge is 0.478 e. The number of hydrogen-bond donors (Lipinski definition) is 2. The van der Waals surface area contributed by atoms with E-state index >= 15 is 0 Å². The van der Waals surface area contributed by atoms with E-state index in [9.17, 15) is 9.90 Å². The molecule has 22 heavy (non-hydrogen) atoms. The summed E-state index contributed by atoms with van der Waals surface area (Å²) in [6.07, 6.45) is 3.47. The molecule has 4 heteroatoms. The molecule has 0 saturated heterocycles. The van der Waals surface area contributed by atoms with Crippen LogP contribution in [0.3, 0.4) is 0 Å². The van der Waals surface area contributed by atoms with Gasteiger partial charge in [-0.25, -0.2) is 4.79 Å². The fraction of sp³-hybridized carbons (Fsp3) is 0.500. The molecule has 120 valence electrons. The molecule has 0 aliphatic carbocycles. The normalized spacial score (nSPS) is 12.0. The Morgan fingerprint density at radius 2 is 1.95 bits per heavy atom. The molecule has 0 aliphatic rings. The van der Waals surface area contributed by atoms with Gasteiger partial charge in [0.15, 0.2) is 0 Å². The van der Waals surface area contributed by atoms with Crippen molar-refractivity contribution in [3.05, 3.63) is 35.0 Å². The van der Waals surface area contributed by atoms with Crippen LogP contribution in [0.5, 0.6) is 0 Å². The average Bonchev–Trinajstić information content (AvgIpc) is 2.81. The number of carbonyl (C=O) groups is 1. The number of fused-ring (bicyclic) bond motifs is 1. The molecule has 0 fully saturated rings. The maximum atomic E-state index is 11.7. The summed E-state index contributed by atoms with van der Waals surface area (Å²) >= 11 is 0. The molecule has 1 aromatic heterocycles. The zero-order chi connectivity index (χ0) is 16.5. The van der Waals surface area contributed by atoms with Crippen LogP contribution in [0.2, 0.25) is 0 Å². The number of aromatic carboxylic acids is 1. The second-order valence-electron chi connectivity index (χ2n) is 6.74. The fourth-order valence-electron chi connectivity index (χ4n) is 2.83. The van der Waals surface area contributed by atoms with Crippen molar-refractivity contribution < 1.29 is 15.0 Å². The molecule has 2 N–H and O–H groups in total. The van der Waals surface area contributed by atoms with E-state index in [-0.39, 0.29) is 12.0 Å². The monoisotopic (exact) mass is 303 g/mol. The lowest BCUT2D eigenvalue weighted by molar-refractivity contribution is 0.0698. The van der Waals surface area contributed by atoms with Crippen molar-refractivity contribution in [2.45, 2.75) is 52.5 Å². The minimum atomic E-state index is -0.891. The summed E-state index contributed by atoms with van der Waals surface area (Å²) in [6.45, 7) is 9.14. The number of carboxylic acid groups (broad SMARTS) is 1. The minimum absolute atomic E-state index is 0.110. The standard InChI is InChI=1S/C18H25NO3/c1-5-19-11-12(7-6-8-20)14-9-13(18(2,3)4)10-15(16(14)19)17(21)22/h9-11,20H,5-8H2,1-4H3,(H,21,22). The van der Waals surface area contributed by atoms with Crippen LogP contribution in [0, 0.1) is 0 Å². The topological polar surface area (TPSA) is 62.5 Å². The van der Waals surface area contributed by atoms with Gasteiger partial charge < -0.3 is 14.8 Å². The highest BCUT2D eigenvalue weighted by Crippen LogP contribution is 2.32. The lowest BCUT2D eigenvalue weighted by Gasteiger charge is -2.20. The van der Waals surface area contributed by atoms with Crippen molar-refractivity contribution in [3.63, 3.8) is 0 Å². The first kappa shape index (κ1) is 16.6. The number of nitrogens with zero attached hydrogens (tertiary/aromatic N) is 1. The summed E-state index contributed by atoms with van der Waals surface area (Å²) in [5.74, 6) is -0.891. The van der Waals surface area contributed by atoms with E-state index in [1.807, 2.05) is 17.7 Å². The Morgan fingerprint density at radius 1 is 1.27 bits per heavy atom. The number of aromatic nitrogens is 1. The van der Waals surface area contributed by atoms with Gasteiger partial charge in [-0.2, -0.15) is 0 Å². The zero-order valence-corrected chi connectivity index (χ0v) is 13.8. The first-order chi connectivity index (χ1) is 10.3. The molecule has 1 aromatic carbocycles. The van der Waals surface area contributed by atoms with E-state index in [4.69, 9.17) is 5.11 Å². The first-order valence-electron chi connectivity index (χ1n) is 7.80. The molecular formula is C18H25NO3. The Labute approximate surface area is 131 Å². The zero-order valence-electron chi connectivity index (χ0n) is 13.8. The molecule has 4 nitrogen and oxygen atoms in total. The van der Waals surface area contributed by atoms with Crippen molar-refractivity contribution in [1.29, 1.82) is 0 Å². The van der Waals surface area contributed by atoms with Gasteiger partial charge in [-0.05, 0) is 48.4 Å². The number of carboxylic acids is 1. The van der Waals surface area contributed by atoms with Crippen LogP contribution in [0.25, 0.3) is 10.9 Å². The maximum Gasteiger partial charge on any atom is 0.337 e. The second-order valence-corrected chi connectivity index (χ2v) is 6.74.